The van der Waals surface area contributed by atoms with E-state index < -0.39 is 0 Å². The molecule has 6 heteroatoms. The van der Waals surface area contributed by atoms with Crippen LogP contribution in [0.4, 0.5) is 16.2 Å². The molecule has 1 atom stereocenters. The molecule has 2 amide bonds. The summed E-state index contributed by atoms with van der Waals surface area (Å²) in [4.78, 5) is 13.6. The van der Waals surface area contributed by atoms with Crippen LogP contribution < -0.4 is 11.1 Å². The highest BCUT2D eigenvalue weighted by molar-refractivity contribution is 5.90. The van der Waals surface area contributed by atoms with Gasteiger partial charge < -0.3 is 25.8 Å². The lowest BCUT2D eigenvalue weighted by Gasteiger charge is -2.34. The average Bonchev–Trinajstić information content (AvgIpc) is 2.38. The minimum atomic E-state index is -0.292. The van der Waals surface area contributed by atoms with Crippen molar-refractivity contribution in [3.63, 3.8) is 0 Å². The van der Waals surface area contributed by atoms with E-state index in [4.69, 9.17) is 10.5 Å². The summed E-state index contributed by atoms with van der Waals surface area (Å²) in [5.41, 5.74) is 6.87. The number of morpholine rings is 1. The summed E-state index contributed by atoms with van der Waals surface area (Å²) in [5.74, 6) is 0. The Morgan fingerprint density at radius 2 is 2.44 bits per heavy atom. The Hall–Kier alpha value is -1.79. The number of rotatable bonds is 2. The average molecular weight is 251 g/mol. The number of anilines is 2. The van der Waals surface area contributed by atoms with Gasteiger partial charge in [0, 0.05) is 17.9 Å². The van der Waals surface area contributed by atoms with Crippen LogP contribution in [-0.4, -0.2) is 48.4 Å². The molecule has 0 radical (unpaired) electrons. The number of carbonyl (C=O) groups excluding carboxylic acids is 1. The number of nitrogens with two attached hydrogens (primary N) is 1. The van der Waals surface area contributed by atoms with Gasteiger partial charge in [-0.15, -0.1) is 0 Å². The summed E-state index contributed by atoms with van der Waals surface area (Å²) in [6, 6.07) is 6.44. The molecule has 0 aromatic heterocycles. The molecule has 1 aromatic carbocycles. The highest BCUT2D eigenvalue weighted by atomic mass is 16.5. The molecule has 1 heterocycles. The topological polar surface area (TPSA) is 87.8 Å². The maximum Gasteiger partial charge on any atom is 0.322 e. The molecule has 1 aliphatic rings. The molecule has 98 valence electrons. The Kier molecular flexibility index (Phi) is 4.01. The van der Waals surface area contributed by atoms with Crippen LogP contribution in [0.5, 0.6) is 0 Å². The molecule has 18 heavy (non-hydrogen) atoms. The first kappa shape index (κ1) is 12.7. The number of nitrogen functional groups attached to an aromatic ring is 1. The zero-order valence-electron chi connectivity index (χ0n) is 10.0. The second kappa shape index (κ2) is 5.70. The third kappa shape index (κ3) is 2.91. The summed E-state index contributed by atoms with van der Waals surface area (Å²) >= 11 is 0. The smallest absolute Gasteiger partial charge is 0.322 e. The number of nitrogens with zero attached hydrogens (tertiary/aromatic N) is 1. The predicted molar refractivity (Wildman–Crippen MR) is 68.3 cm³/mol. The molecule has 1 aliphatic heterocycles. The molecule has 0 bridgehead atoms. The van der Waals surface area contributed by atoms with E-state index in [2.05, 4.69) is 5.32 Å². The number of hydrogen-bond acceptors (Lipinski definition) is 4. The third-order valence-corrected chi connectivity index (χ3v) is 2.84. The summed E-state index contributed by atoms with van der Waals surface area (Å²) < 4.78 is 5.22. The minimum absolute atomic E-state index is 0.107. The number of aliphatic hydroxyl groups is 1. The van der Waals surface area contributed by atoms with Crippen molar-refractivity contribution in [1.29, 1.82) is 0 Å². The maximum atomic E-state index is 12.1. The molecule has 1 fully saturated rings. The van der Waals surface area contributed by atoms with Crippen molar-refractivity contribution in [3.8, 4) is 0 Å². The van der Waals surface area contributed by atoms with Crippen LogP contribution in [0.1, 0.15) is 0 Å². The van der Waals surface area contributed by atoms with Crippen LogP contribution in [0.25, 0.3) is 0 Å². The molecule has 1 aromatic rings. The maximum absolute atomic E-state index is 12.1. The first-order chi connectivity index (χ1) is 8.70. The Morgan fingerprint density at radius 3 is 3.17 bits per heavy atom. The monoisotopic (exact) mass is 251 g/mol. The van der Waals surface area contributed by atoms with E-state index in [0.717, 1.165) is 0 Å². The van der Waals surface area contributed by atoms with Crippen LogP contribution in [-0.2, 0) is 4.74 Å². The van der Waals surface area contributed by atoms with E-state index >= 15 is 0 Å². The summed E-state index contributed by atoms with van der Waals surface area (Å²) in [6.07, 6.45) is 0. The highest BCUT2D eigenvalue weighted by Gasteiger charge is 2.26. The van der Waals surface area contributed by atoms with Gasteiger partial charge in [-0.1, -0.05) is 6.07 Å². The van der Waals surface area contributed by atoms with Gasteiger partial charge in [0.05, 0.1) is 25.9 Å². The molecule has 0 saturated carbocycles. The van der Waals surface area contributed by atoms with E-state index in [-0.39, 0.29) is 18.7 Å². The first-order valence-corrected chi connectivity index (χ1v) is 5.82. The van der Waals surface area contributed by atoms with Gasteiger partial charge >= 0.3 is 6.03 Å². The second-order valence-electron chi connectivity index (χ2n) is 4.16. The van der Waals surface area contributed by atoms with Gasteiger partial charge in [-0.3, -0.25) is 0 Å². The lowest BCUT2D eigenvalue weighted by atomic mass is 10.2. The summed E-state index contributed by atoms with van der Waals surface area (Å²) in [5, 5.41) is 12.0. The normalized spacial score (nSPS) is 19.6. The van der Waals surface area contributed by atoms with Gasteiger partial charge in [0.25, 0.3) is 0 Å². The van der Waals surface area contributed by atoms with Gasteiger partial charge in [-0.25, -0.2) is 4.79 Å². The Morgan fingerprint density at radius 1 is 1.61 bits per heavy atom. The van der Waals surface area contributed by atoms with Crippen LogP contribution in [0.2, 0.25) is 0 Å². The molecule has 4 N–H and O–H groups in total. The highest BCUT2D eigenvalue weighted by Crippen LogP contribution is 2.14. The van der Waals surface area contributed by atoms with Crippen molar-refractivity contribution in [2.45, 2.75) is 6.04 Å². The fourth-order valence-corrected chi connectivity index (χ4v) is 1.89. The third-order valence-electron chi connectivity index (χ3n) is 2.84. The number of hydrogen-bond donors (Lipinski definition) is 3. The number of amides is 2. The lowest BCUT2D eigenvalue weighted by molar-refractivity contribution is -0.00485. The van der Waals surface area contributed by atoms with Crippen molar-refractivity contribution in [2.24, 2.45) is 0 Å². The molecule has 2 rings (SSSR count). The number of nitrogens with one attached hydrogen (secondary N) is 1. The summed E-state index contributed by atoms with van der Waals surface area (Å²) in [6.45, 7) is 1.21. The molecule has 0 spiro atoms. The van der Waals surface area contributed by atoms with Gasteiger partial charge in [0.2, 0.25) is 0 Å². The first-order valence-electron chi connectivity index (χ1n) is 5.82. The zero-order chi connectivity index (χ0) is 13.0. The van der Waals surface area contributed by atoms with Crippen LogP contribution in [0.15, 0.2) is 24.3 Å². The Balaban J connectivity index is 2.02. The molecular weight excluding hydrogens is 234 g/mol. The quantitative estimate of drug-likeness (QED) is 0.668. The van der Waals surface area contributed by atoms with Crippen molar-refractivity contribution in [3.05, 3.63) is 24.3 Å². The molecule has 6 nitrogen and oxygen atoms in total. The number of aliphatic hydroxyl groups excluding tert-OH is 1. The standard InChI is InChI=1S/C12H17N3O3/c13-9-2-1-3-10(6-9)14-12(17)15-4-5-18-8-11(15)7-16/h1-3,6,11,16H,4-5,7-8,13H2,(H,14,17). The SMILES string of the molecule is Nc1cccc(NC(=O)N2CCOCC2CO)c1. The van der Waals surface area contributed by atoms with Crippen molar-refractivity contribution in [2.75, 3.05) is 37.4 Å². The van der Waals surface area contributed by atoms with Crippen molar-refractivity contribution in [1.82, 2.24) is 4.90 Å². The Labute approximate surface area is 105 Å². The Bertz CT molecular complexity index is 425. The number of benzene rings is 1. The summed E-state index contributed by atoms with van der Waals surface area (Å²) in [7, 11) is 0. The predicted octanol–water partition coefficient (Wildman–Crippen LogP) is 0.494. The van der Waals surface area contributed by atoms with E-state index in [1.807, 2.05) is 0 Å². The van der Waals surface area contributed by atoms with E-state index in [1.54, 1.807) is 29.2 Å². The van der Waals surface area contributed by atoms with Crippen molar-refractivity contribution >= 4 is 17.4 Å². The van der Waals surface area contributed by atoms with Gasteiger partial charge in [0.15, 0.2) is 0 Å². The van der Waals surface area contributed by atoms with Crippen LogP contribution in [0.3, 0.4) is 0 Å². The fourth-order valence-electron chi connectivity index (χ4n) is 1.89. The van der Waals surface area contributed by atoms with Gasteiger partial charge in [-0.05, 0) is 18.2 Å². The number of ether oxygens (including phenoxy) is 1. The van der Waals surface area contributed by atoms with Crippen molar-refractivity contribution < 1.29 is 14.6 Å². The largest absolute Gasteiger partial charge is 0.399 e. The lowest BCUT2D eigenvalue weighted by Crippen LogP contribution is -2.52. The molecule has 0 aliphatic carbocycles. The number of urea groups is 1. The van der Waals surface area contributed by atoms with Crippen LogP contribution >= 0.6 is 0 Å². The van der Waals surface area contributed by atoms with E-state index in [1.165, 1.54) is 0 Å². The molecule has 1 unspecified atom stereocenters. The van der Waals surface area contributed by atoms with Crippen LogP contribution in [0, 0.1) is 0 Å². The molecular formula is C12H17N3O3. The molecule has 1 saturated heterocycles. The fraction of sp³-hybridized carbons (Fsp3) is 0.417. The zero-order valence-corrected chi connectivity index (χ0v) is 10.0. The van der Waals surface area contributed by atoms with E-state index in [9.17, 15) is 9.90 Å². The minimum Gasteiger partial charge on any atom is -0.399 e. The van der Waals surface area contributed by atoms with Gasteiger partial charge in [0.1, 0.15) is 0 Å². The van der Waals surface area contributed by atoms with E-state index in [0.29, 0.717) is 31.1 Å². The second-order valence-corrected chi connectivity index (χ2v) is 4.16. The van der Waals surface area contributed by atoms with Gasteiger partial charge in [-0.2, -0.15) is 0 Å². The number of carbonyl (C=O) groups is 1.